The standard InChI is InChI=1S/C24H17BrN2O4S/c25-18-9-11-19(12-10-18)26-24-27-22(28)21(32-24)13-17-3-1-2-4-20(17)31-14-15-5-7-16(8-6-15)23(29)30/h1-13H,14H2,(H,29,30)(H,26,27,28). The smallest absolute Gasteiger partial charge is 0.335 e. The molecule has 4 rings (SSSR count). The van der Waals surface area contributed by atoms with Gasteiger partial charge >= 0.3 is 5.97 Å². The van der Waals surface area contributed by atoms with E-state index >= 15 is 0 Å². The lowest BCUT2D eigenvalue weighted by Crippen LogP contribution is -2.19. The van der Waals surface area contributed by atoms with Gasteiger partial charge < -0.3 is 15.2 Å². The van der Waals surface area contributed by atoms with Gasteiger partial charge in [0, 0.05) is 10.0 Å². The van der Waals surface area contributed by atoms with E-state index in [0.717, 1.165) is 21.3 Å². The minimum Gasteiger partial charge on any atom is -0.488 e. The number of carboxylic acids is 1. The van der Waals surface area contributed by atoms with Crippen molar-refractivity contribution in [2.24, 2.45) is 4.99 Å². The third-order valence-corrected chi connectivity index (χ3v) is 5.95. The van der Waals surface area contributed by atoms with Crippen molar-refractivity contribution in [3.8, 4) is 5.75 Å². The number of ether oxygens (including phenoxy) is 1. The summed E-state index contributed by atoms with van der Waals surface area (Å²) >= 11 is 4.66. The molecule has 0 spiro atoms. The summed E-state index contributed by atoms with van der Waals surface area (Å²) in [5.74, 6) is -0.566. The van der Waals surface area contributed by atoms with Crippen LogP contribution in [0.1, 0.15) is 21.5 Å². The Hall–Kier alpha value is -3.36. The maximum absolute atomic E-state index is 12.4. The van der Waals surface area contributed by atoms with Crippen LogP contribution in [-0.4, -0.2) is 22.2 Å². The number of thioether (sulfide) groups is 1. The zero-order chi connectivity index (χ0) is 22.5. The second-order valence-electron chi connectivity index (χ2n) is 6.79. The number of carbonyl (C=O) groups is 2. The van der Waals surface area contributed by atoms with Gasteiger partial charge in [0.05, 0.1) is 16.2 Å². The SMILES string of the molecule is O=C1NC(=Nc2ccc(Br)cc2)SC1=Cc1ccccc1OCc1ccc(C(=O)O)cc1. The number of amides is 1. The van der Waals surface area contributed by atoms with Crippen LogP contribution >= 0.6 is 27.7 Å². The van der Waals surface area contributed by atoms with Gasteiger partial charge in [0.25, 0.3) is 5.91 Å². The Labute approximate surface area is 197 Å². The highest BCUT2D eigenvalue weighted by Crippen LogP contribution is 2.31. The van der Waals surface area contributed by atoms with Crippen molar-refractivity contribution in [1.29, 1.82) is 0 Å². The van der Waals surface area contributed by atoms with Gasteiger partial charge in [-0.15, -0.1) is 0 Å². The van der Waals surface area contributed by atoms with Gasteiger partial charge in [-0.3, -0.25) is 4.79 Å². The van der Waals surface area contributed by atoms with Gasteiger partial charge in [-0.05, 0) is 65.9 Å². The first-order valence-electron chi connectivity index (χ1n) is 9.57. The molecule has 0 aromatic heterocycles. The molecule has 0 atom stereocenters. The van der Waals surface area contributed by atoms with E-state index in [4.69, 9.17) is 9.84 Å². The normalized spacial score (nSPS) is 15.7. The van der Waals surface area contributed by atoms with Gasteiger partial charge in [-0.25, -0.2) is 9.79 Å². The number of carboxylic acid groups (broad SMARTS) is 1. The van der Waals surface area contributed by atoms with Crippen molar-refractivity contribution in [2.45, 2.75) is 6.61 Å². The summed E-state index contributed by atoms with van der Waals surface area (Å²) in [6, 6.07) is 21.4. The summed E-state index contributed by atoms with van der Waals surface area (Å²) in [5, 5.41) is 12.3. The van der Waals surface area contributed by atoms with Crippen LogP contribution in [0.5, 0.6) is 5.75 Å². The summed E-state index contributed by atoms with van der Waals surface area (Å²) < 4.78 is 6.89. The van der Waals surface area contributed by atoms with E-state index in [9.17, 15) is 9.59 Å². The Bertz CT molecular complexity index is 1220. The average molecular weight is 509 g/mol. The Kier molecular flexibility index (Phi) is 6.72. The minimum absolute atomic E-state index is 0.218. The minimum atomic E-state index is -0.968. The van der Waals surface area contributed by atoms with Crippen molar-refractivity contribution < 1.29 is 19.4 Å². The molecule has 0 unspecified atom stereocenters. The third kappa shape index (κ3) is 5.46. The number of halogens is 1. The lowest BCUT2D eigenvalue weighted by Gasteiger charge is -2.10. The van der Waals surface area contributed by atoms with Crippen LogP contribution in [0, 0.1) is 0 Å². The van der Waals surface area contributed by atoms with E-state index in [0.29, 0.717) is 15.8 Å². The number of aliphatic imine (C=N–C) groups is 1. The summed E-state index contributed by atoms with van der Waals surface area (Å²) in [6.45, 7) is 0.274. The van der Waals surface area contributed by atoms with Crippen LogP contribution in [0.3, 0.4) is 0 Å². The highest BCUT2D eigenvalue weighted by molar-refractivity contribution is 9.10. The zero-order valence-corrected chi connectivity index (χ0v) is 19.0. The molecule has 1 heterocycles. The zero-order valence-electron chi connectivity index (χ0n) is 16.6. The molecule has 1 aliphatic heterocycles. The van der Waals surface area contributed by atoms with Crippen molar-refractivity contribution >= 4 is 56.5 Å². The van der Waals surface area contributed by atoms with Crippen molar-refractivity contribution in [3.05, 3.63) is 98.9 Å². The highest BCUT2D eigenvalue weighted by Gasteiger charge is 2.24. The van der Waals surface area contributed by atoms with Crippen LogP contribution in [0.4, 0.5) is 5.69 Å². The van der Waals surface area contributed by atoms with Crippen LogP contribution in [-0.2, 0) is 11.4 Å². The number of benzene rings is 3. The number of aromatic carboxylic acids is 1. The average Bonchev–Trinajstić information content (AvgIpc) is 3.13. The van der Waals surface area contributed by atoms with Gasteiger partial charge in [-0.2, -0.15) is 0 Å². The first-order chi connectivity index (χ1) is 15.5. The number of rotatable bonds is 6. The number of hydrogen-bond acceptors (Lipinski definition) is 5. The Balaban J connectivity index is 1.49. The number of amidine groups is 1. The van der Waals surface area contributed by atoms with Gasteiger partial charge in [0.2, 0.25) is 0 Å². The van der Waals surface area contributed by atoms with E-state index in [1.807, 2.05) is 48.5 Å². The molecule has 0 radical (unpaired) electrons. The van der Waals surface area contributed by atoms with Crippen molar-refractivity contribution in [2.75, 3.05) is 0 Å². The van der Waals surface area contributed by atoms with E-state index < -0.39 is 5.97 Å². The lowest BCUT2D eigenvalue weighted by atomic mass is 10.1. The molecule has 32 heavy (non-hydrogen) atoms. The van der Waals surface area contributed by atoms with E-state index in [1.165, 1.54) is 11.8 Å². The van der Waals surface area contributed by atoms with Crippen LogP contribution in [0.25, 0.3) is 6.08 Å². The first-order valence-corrected chi connectivity index (χ1v) is 11.2. The predicted molar refractivity (Wildman–Crippen MR) is 129 cm³/mol. The van der Waals surface area contributed by atoms with Gasteiger partial charge in [-0.1, -0.05) is 46.3 Å². The molecule has 1 amide bonds. The van der Waals surface area contributed by atoms with Gasteiger partial charge in [0.1, 0.15) is 12.4 Å². The van der Waals surface area contributed by atoms with Crippen molar-refractivity contribution in [3.63, 3.8) is 0 Å². The molecule has 160 valence electrons. The number of carbonyl (C=O) groups excluding carboxylic acids is 1. The predicted octanol–water partition coefficient (Wildman–Crippen LogP) is 5.62. The molecule has 0 aliphatic carbocycles. The van der Waals surface area contributed by atoms with Crippen LogP contribution in [0.2, 0.25) is 0 Å². The van der Waals surface area contributed by atoms with E-state index in [1.54, 1.807) is 30.3 Å². The largest absolute Gasteiger partial charge is 0.488 e. The van der Waals surface area contributed by atoms with Crippen molar-refractivity contribution in [1.82, 2.24) is 5.32 Å². The molecule has 1 aliphatic rings. The molecule has 1 saturated heterocycles. The molecule has 8 heteroatoms. The quantitative estimate of drug-likeness (QED) is 0.422. The second-order valence-corrected chi connectivity index (χ2v) is 8.73. The number of hydrogen-bond donors (Lipinski definition) is 2. The Morgan fingerprint density at radius 1 is 1.06 bits per heavy atom. The molecule has 0 bridgehead atoms. The monoisotopic (exact) mass is 508 g/mol. The van der Waals surface area contributed by atoms with Gasteiger partial charge in [0.15, 0.2) is 5.17 Å². The molecular weight excluding hydrogens is 492 g/mol. The Morgan fingerprint density at radius 3 is 2.50 bits per heavy atom. The van der Waals surface area contributed by atoms with E-state index in [-0.39, 0.29) is 18.1 Å². The maximum atomic E-state index is 12.4. The fraction of sp³-hybridized carbons (Fsp3) is 0.0417. The molecule has 1 fully saturated rings. The summed E-state index contributed by atoms with van der Waals surface area (Å²) in [6.07, 6.45) is 1.77. The maximum Gasteiger partial charge on any atom is 0.335 e. The fourth-order valence-electron chi connectivity index (χ4n) is 2.89. The lowest BCUT2D eigenvalue weighted by molar-refractivity contribution is -0.115. The molecule has 6 nitrogen and oxygen atoms in total. The fourth-order valence-corrected chi connectivity index (χ4v) is 3.99. The highest BCUT2D eigenvalue weighted by atomic mass is 79.9. The molecule has 3 aromatic carbocycles. The summed E-state index contributed by atoms with van der Waals surface area (Å²) in [7, 11) is 0. The topological polar surface area (TPSA) is 88.0 Å². The van der Waals surface area contributed by atoms with Crippen LogP contribution < -0.4 is 10.1 Å². The Morgan fingerprint density at radius 2 is 1.78 bits per heavy atom. The molecule has 2 N–H and O–H groups in total. The molecule has 3 aromatic rings. The number of nitrogens with one attached hydrogen (secondary N) is 1. The number of nitrogens with zero attached hydrogens (tertiary/aromatic N) is 1. The summed E-state index contributed by atoms with van der Waals surface area (Å²) in [4.78, 5) is 28.4. The summed E-state index contributed by atoms with van der Waals surface area (Å²) in [5.41, 5.74) is 2.57. The molecular formula is C24H17BrN2O4S. The van der Waals surface area contributed by atoms with Crippen LogP contribution in [0.15, 0.2) is 87.2 Å². The van der Waals surface area contributed by atoms with E-state index in [2.05, 4.69) is 26.2 Å². The number of para-hydroxylation sites is 1. The molecule has 0 saturated carbocycles. The second kappa shape index (κ2) is 9.84. The first kappa shape index (κ1) is 21.9. The third-order valence-electron chi connectivity index (χ3n) is 4.51.